The number of hydrogen-bond donors (Lipinski definition) is 1. The Kier molecular flexibility index (Phi) is 5.02. The van der Waals surface area contributed by atoms with Crippen molar-refractivity contribution >= 4 is 22.9 Å². The van der Waals surface area contributed by atoms with Crippen LogP contribution in [0.2, 0.25) is 5.02 Å². The van der Waals surface area contributed by atoms with Gasteiger partial charge in [0.2, 0.25) is 0 Å². The Bertz CT molecular complexity index is 599. The molecule has 1 heterocycles. The topological polar surface area (TPSA) is 38.9 Å². The van der Waals surface area contributed by atoms with E-state index in [1.807, 2.05) is 0 Å². The lowest BCUT2D eigenvalue weighted by molar-refractivity contribution is 0.562. The summed E-state index contributed by atoms with van der Waals surface area (Å²) in [6.45, 7) is 6.78. The highest BCUT2D eigenvalue weighted by atomic mass is 35.5. The lowest BCUT2D eigenvalue weighted by atomic mass is 9.93. The molecule has 2 rings (SSSR count). The second kappa shape index (κ2) is 6.42. The summed E-state index contributed by atoms with van der Waals surface area (Å²) in [5.74, 6) is -0.297. The maximum Gasteiger partial charge on any atom is 0.127 e. The molecule has 0 radical (unpaired) electrons. The van der Waals surface area contributed by atoms with E-state index in [9.17, 15) is 4.39 Å². The maximum absolute atomic E-state index is 13.9. The molecule has 21 heavy (non-hydrogen) atoms. The van der Waals surface area contributed by atoms with E-state index in [-0.39, 0.29) is 17.2 Å². The van der Waals surface area contributed by atoms with Crippen LogP contribution in [0.3, 0.4) is 0 Å². The largest absolute Gasteiger partial charge is 0.330 e. The molecule has 2 nitrogen and oxygen atoms in total. The molecule has 0 saturated carbocycles. The summed E-state index contributed by atoms with van der Waals surface area (Å²) in [6.07, 6.45) is 0.471. The highest BCUT2D eigenvalue weighted by Gasteiger charge is 2.22. The molecule has 5 heteroatoms. The SMILES string of the molecule is CC(C)(C)c1csc(C(CN)Cc2c(F)cccc2Cl)n1. The van der Waals surface area contributed by atoms with E-state index in [4.69, 9.17) is 17.3 Å². The van der Waals surface area contributed by atoms with Crippen LogP contribution < -0.4 is 5.73 Å². The van der Waals surface area contributed by atoms with Crippen molar-refractivity contribution in [3.63, 3.8) is 0 Å². The summed E-state index contributed by atoms with van der Waals surface area (Å²) in [5.41, 5.74) is 7.43. The van der Waals surface area contributed by atoms with Crippen LogP contribution >= 0.6 is 22.9 Å². The van der Waals surface area contributed by atoms with Crippen LogP contribution in [0.25, 0.3) is 0 Å². The van der Waals surface area contributed by atoms with Crippen molar-refractivity contribution < 1.29 is 4.39 Å². The fourth-order valence-electron chi connectivity index (χ4n) is 2.06. The molecule has 0 bridgehead atoms. The monoisotopic (exact) mass is 326 g/mol. The zero-order chi connectivity index (χ0) is 15.6. The molecule has 0 aliphatic carbocycles. The van der Waals surface area contributed by atoms with Crippen LogP contribution in [0.4, 0.5) is 4.39 Å². The molecule has 0 amide bonds. The Labute approximate surface area is 134 Å². The summed E-state index contributed by atoms with van der Waals surface area (Å²) >= 11 is 7.68. The molecule has 1 aromatic carbocycles. The lowest BCUT2D eigenvalue weighted by Gasteiger charge is -2.16. The minimum absolute atomic E-state index is 0.00351. The van der Waals surface area contributed by atoms with Crippen molar-refractivity contribution in [3.05, 3.63) is 50.7 Å². The number of benzene rings is 1. The molecule has 1 unspecified atom stereocenters. The summed E-state index contributed by atoms with van der Waals surface area (Å²) in [4.78, 5) is 4.68. The highest BCUT2D eigenvalue weighted by Crippen LogP contribution is 2.31. The minimum atomic E-state index is -0.284. The Hall–Kier alpha value is -0.970. The van der Waals surface area contributed by atoms with E-state index < -0.39 is 0 Å². The fraction of sp³-hybridized carbons (Fsp3) is 0.438. The summed E-state index contributed by atoms with van der Waals surface area (Å²) in [5, 5.41) is 3.45. The number of aromatic nitrogens is 1. The molecule has 0 aliphatic rings. The minimum Gasteiger partial charge on any atom is -0.330 e. The molecular formula is C16H20ClFN2S. The molecule has 114 valence electrons. The van der Waals surface area contributed by atoms with Crippen molar-refractivity contribution in [1.29, 1.82) is 0 Å². The zero-order valence-electron chi connectivity index (χ0n) is 12.5. The molecule has 2 aromatic rings. The predicted molar refractivity (Wildman–Crippen MR) is 87.7 cm³/mol. The fourth-order valence-corrected chi connectivity index (χ4v) is 3.47. The van der Waals surface area contributed by atoms with Crippen LogP contribution in [-0.2, 0) is 11.8 Å². The van der Waals surface area contributed by atoms with Gasteiger partial charge in [-0.15, -0.1) is 11.3 Å². The molecule has 0 saturated heterocycles. The molecule has 0 aliphatic heterocycles. The van der Waals surface area contributed by atoms with Crippen LogP contribution in [0.5, 0.6) is 0 Å². The lowest BCUT2D eigenvalue weighted by Crippen LogP contribution is -2.17. The quantitative estimate of drug-likeness (QED) is 0.897. The number of nitrogens with zero attached hydrogens (tertiary/aromatic N) is 1. The van der Waals surface area contributed by atoms with Crippen molar-refractivity contribution in [2.45, 2.75) is 38.5 Å². The smallest absolute Gasteiger partial charge is 0.127 e. The van der Waals surface area contributed by atoms with Gasteiger partial charge in [0, 0.05) is 33.8 Å². The molecule has 2 N–H and O–H groups in total. The van der Waals surface area contributed by atoms with Crippen LogP contribution in [0.15, 0.2) is 23.6 Å². The Balaban J connectivity index is 2.26. The Morgan fingerprint density at radius 3 is 2.62 bits per heavy atom. The van der Waals surface area contributed by atoms with Gasteiger partial charge < -0.3 is 5.73 Å². The summed E-state index contributed by atoms with van der Waals surface area (Å²) in [6, 6.07) is 4.74. The standard InChI is InChI=1S/C16H20ClFN2S/c1-16(2,3)14-9-21-15(20-14)10(8-19)7-11-12(17)5-4-6-13(11)18/h4-6,9-10H,7-8,19H2,1-3H3. The highest BCUT2D eigenvalue weighted by molar-refractivity contribution is 7.09. The molecule has 0 fully saturated rings. The number of hydrogen-bond acceptors (Lipinski definition) is 3. The third-order valence-electron chi connectivity index (χ3n) is 3.44. The summed E-state index contributed by atoms with van der Waals surface area (Å²) < 4.78 is 13.9. The van der Waals surface area contributed by atoms with Gasteiger partial charge in [0.05, 0.1) is 10.7 Å². The maximum atomic E-state index is 13.9. The van der Waals surface area contributed by atoms with E-state index in [1.165, 1.54) is 6.07 Å². The number of thiazole rings is 1. The van der Waals surface area contributed by atoms with Crippen LogP contribution in [0, 0.1) is 5.82 Å². The van der Waals surface area contributed by atoms with E-state index in [2.05, 4.69) is 31.1 Å². The zero-order valence-corrected chi connectivity index (χ0v) is 14.1. The molecule has 1 atom stereocenters. The van der Waals surface area contributed by atoms with Gasteiger partial charge in [-0.3, -0.25) is 0 Å². The Morgan fingerprint density at radius 1 is 1.38 bits per heavy atom. The van der Waals surface area contributed by atoms with Gasteiger partial charge in [0.1, 0.15) is 5.82 Å². The first-order valence-electron chi connectivity index (χ1n) is 6.91. The van der Waals surface area contributed by atoms with Crippen molar-refractivity contribution in [1.82, 2.24) is 4.98 Å². The number of rotatable bonds is 4. The second-order valence-corrected chi connectivity index (χ2v) is 7.45. The number of nitrogens with two attached hydrogens (primary N) is 1. The van der Waals surface area contributed by atoms with Gasteiger partial charge in [-0.2, -0.15) is 0 Å². The van der Waals surface area contributed by atoms with Gasteiger partial charge >= 0.3 is 0 Å². The van der Waals surface area contributed by atoms with Crippen molar-refractivity contribution in [2.75, 3.05) is 6.54 Å². The van der Waals surface area contributed by atoms with Crippen molar-refractivity contribution in [2.24, 2.45) is 5.73 Å². The third kappa shape index (κ3) is 3.82. The van der Waals surface area contributed by atoms with E-state index in [0.717, 1.165) is 10.7 Å². The van der Waals surface area contributed by atoms with Gasteiger partial charge in [0.25, 0.3) is 0 Å². The molecule has 0 spiro atoms. The first-order valence-corrected chi connectivity index (χ1v) is 8.17. The average Bonchev–Trinajstić information content (AvgIpc) is 2.88. The normalized spacial score (nSPS) is 13.4. The van der Waals surface area contributed by atoms with Gasteiger partial charge in [0.15, 0.2) is 0 Å². The van der Waals surface area contributed by atoms with Crippen molar-refractivity contribution in [3.8, 4) is 0 Å². The van der Waals surface area contributed by atoms with Gasteiger partial charge in [-0.1, -0.05) is 38.4 Å². The van der Waals surface area contributed by atoms with E-state index in [0.29, 0.717) is 23.6 Å². The summed E-state index contributed by atoms with van der Waals surface area (Å²) in [7, 11) is 0. The molecule has 1 aromatic heterocycles. The average molecular weight is 327 g/mol. The van der Waals surface area contributed by atoms with Gasteiger partial charge in [-0.05, 0) is 18.6 Å². The Morgan fingerprint density at radius 2 is 2.10 bits per heavy atom. The predicted octanol–water partition coefficient (Wildman–Crippen LogP) is 4.52. The van der Waals surface area contributed by atoms with Gasteiger partial charge in [-0.25, -0.2) is 9.37 Å². The van der Waals surface area contributed by atoms with E-state index in [1.54, 1.807) is 23.5 Å². The number of halogens is 2. The second-order valence-electron chi connectivity index (χ2n) is 6.16. The van der Waals surface area contributed by atoms with Crippen LogP contribution in [0.1, 0.15) is 43.0 Å². The van der Waals surface area contributed by atoms with E-state index >= 15 is 0 Å². The third-order valence-corrected chi connectivity index (χ3v) is 4.80. The first kappa shape index (κ1) is 16.4. The van der Waals surface area contributed by atoms with Crippen LogP contribution in [-0.4, -0.2) is 11.5 Å². The first-order chi connectivity index (χ1) is 9.82. The molecular weight excluding hydrogens is 307 g/mol.